The van der Waals surface area contributed by atoms with Crippen molar-refractivity contribution in [1.82, 2.24) is 0 Å². The normalized spacial score (nSPS) is 20.8. The van der Waals surface area contributed by atoms with Gasteiger partial charge < -0.3 is 23.7 Å². The van der Waals surface area contributed by atoms with Gasteiger partial charge in [0, 0.05) is 6.92 Å². The highest BCUT2D eigenvalue weighted by Gasteiger charge is 2.52. The summed E-state index contributed by atoms with van der Waals surface area (Å²) in [5.41, 5.74) is -0.426. The van der Waals surface area contributed by atoms with Crippen molar-refractivity contribution in [2.24, 2.45) is 0 Å². The maximum atomic E-state index is 12.8. The average Bonchev–Trinajstić information content (AvgIpc) is 3.16. The van der Waals surface area contributed by atoms with E-state index < -0.39 is 47.0 Å². The van der Waals surface area contributed by atoms with Gasteiger partial charge in [0.2, 0.25) is 0 Å². The number of thioether (sulfide) groups is 1. The number of carbonyl (C=O) groups excluding carboxylic acids is 4. The lowest BCUT2D eigenvalue weighted by Crippen LogP contribution is -2.42. The Balaban J connectivity index is 1.82. The molecule has 9 nitrogen and oxygen atoms in total. The van der Waals surface area contributed by atoms with E-state index in [9.17, 15) is 19.2 Å². The number of benzene rings is 2. The number of carbonyl (C=O) groups is 4. The number of esters is 3. The zero-order valence-corrected chi connectivity index (χ0v) is 19.7. The molecule has 1 unspecified atom stereocenters. The average molecular weight is 501 g/mol. The van der Waals surface area contributed by atoms with Crippen molar-refractivity contribution in [2.75, 3.05) is 13.2 Å². The van der Waals surface area contributed by atoms with E-state index in [1.165, 1.54) is 13.0 Å². The standard InChI is InChI=1S/C25H24O9S/c1-3-14-30-25(29)34-21-20(33-23(28)18-12-8-5-9-13-18)19(35-24(21)32-16(2)26)15-31-22(27)17-10-6-4-7-11-17/h3-13,19-21,24H,1,14-15H2,2H3/t19-,20-,21+,24?/m1/s1. The first-order chi connectivity index (χ1) is 16.9. The van der Waals surface area contributed by atoms with E-state index >= 15 is 0 Å². The Hall–Kier alpha value is -3.79. The minimum Gasteiger partial charge on any atom is -0.461 e. The third-order valence-corrected chi connectivity index (χ3v) is 6.13. The van der Waals surface area contributed by atoms with Gasteiger partial charge in [-0.05, 0) is 24.3 Å². The fourth-order valence-corrected chi connectivity index (χ4v) is 4.62. The lowest BCUT2D eigenvalue weighted by atomic mass is 10.1. The molecule has 0 aliphatic carbocycles. The molecule has 0 amide bonds. The molecule has 1 aliphatic rings. The summed E-state index contributed by atoms with van der Waals surface area (Å²) in [7, 11) is 0. The quantitative estimate of drug-likeness (QED) is 0.286. The topological polar surface area (TPSA) is 114 Å². The van der Waals surface area contributed by atoms with E-state index in [4.69, 9.17) is 23.7 Å². The SMILES string of the molecule is C=CCOC(=O)O[C@@H]1C(OC(C)=O)S[C@H](COC(=O)c2ccccc2)[C@H]1OC(=O)c1ccccc1. The summed E-state index contributed by atoms with van der Waals surface area (Å²) in [5, 5.41) is -0.711. The molecule has 0 spiro atoms. The van der Waals surface area contributed by atoms with Gasteiger partial charge in [-0.25, -0.2) is 14.4 Å². The van der Waals surface area contributed by atoms with Gasteiger partial charge >= 0.3 is 24.1 Å². The van der Waals surface area contributed by atoms with Gasteiger partial charge in [0.05, 0.1) is 16.4 Å². The second kappa shape index (κ2) is 12.6. The van der Waals surface area contributed by atoms with Crippen LogP contribution >= 0.6 is 11.8 Å². The molecular formula is C25H24O9S. The predicted octanol–water partition coefficient (Wildman–Crippen LogP) is 3.78. The summed E-state index contributed by atoms with van der Waals surface area (Å²) >= 11 is 1.04. The van der Waals surface area contributed by atoms with Crippen LogP contribution in [0, 0.1) is 0 Å². The Kier molecular flexibility index (Phi) is 9.31. The predicted molar refractivity (Wildman–Crippen MR) is 126 cm³/mol. The van der Waals surface area contributed by atoms with Crippen LogP contribution in [-0.2, 0) is 28.5 Å². The molecule has 35 heavy (non-hydrogen) atoms. The Morgan fingerprint density at radius 3 is 2.00 bits per heavy atom. The molecule has 2 aromatic rings. The maximum absolute atomic E-state index is 12.8. The summed E-state index contributed by atoms with van der Waals surface area (Å²) in [5.74, 6) is -1.91. The van der Waals surface area contributed by atoms with Gasteiger partial charge in [0.15, 0.2) is 17.6 Å². The largest absolute Gasteiger partial charge is 0.509 e. The first kappa shape index (κ1) is 25.8. The van der Waals surface area contributed by atoms with E-state index in [1.54, 1.807) is 60.7 Å². The van der Waals surface area contributed by atoms with Crippen molar-refractivity contribution in [2.45, 2.75) is 29.8 Å². The van der Waals surface area contributed by atoms with Crippen LogP contribution in [0.15, 0.2) is 73.3 Å². The Morgan fingerprint density at radius 2 is 1.43 bits per heavy atom. The highest BCUT2D eigenvalue weighted by atomic mass is 32.2. The summed E-state index contributed by atoms with van der Waals surface area (Å²) in [6.45, 7) is 4.34. The summed E-state index contributed by atoms with van der Waals surface area (Å²) in [6, 6.07) is 16.6. The van der Waals surface area contributed by atoms with E-state index in [0.29, 0.717) is 5.56 Å². The van der Waals surface area contributed by atoms with Gasteiger partial charge in [-0.1, -0.05) is 49.1 Å². The summed E-state index contributed by atoms with van der Waals surface area (Å²) < 4.78 is 26.7. The molecule has 1 aliphatic heterocycles. The monoisotopic (exact) mass is 500 g/mol. The Bertz CT molecular complexity index is 1040. The molecule has 0 saturated carbocycles. The summed E-state index contributed by atoms with van der Waals surface area (Å²) in [6.07, 6.45) is -2.03. The van der Waals surface area contributed by atoms with Crippen molar-refractivity contribution >= 4 is 35.8 Å². The minimum atomic E-state index is -1.21. The maximum Gasteiger partial charge on any atom is 0.509 e. The molecule has 0 N–H and O–H groups in total. The number of ether oxygens (including phenoxy) is 5. The fraction of sp³-hybridized carbons (Fsp3) is 0.280. The molecule has 1 heterocycles. The molecule has 1 saturated heterocycles. The number of hydrogen-bond acceptors (Lipinski definition) is 10. The lowest BCUT2D eigenvalue weighted by molar-refractivity contribution is -0.149. The molecule has 1 fully saturated rings. The van der Waals surface area contributed by atoms with Gasteiger partial charge in [-0.3, -0.25) is 4.79 Å². The van der Waals surface area contributed by atoms with Crippen molar-refractivity contribution in [1.29, 1.82) is 0 Å². The van der Waals surface area contributed by atoms with Gasteiger partial charge in [-0.2, -0.15) is 0 Å². The molecular weight excluding hydrogens is 476 g/mol. The first-order valence-corrected chi connectivity index (χ1v) is 11.6. The number of rotatable bonds is 9. The highest BCUT2D eigenvalue weighted by Crippen LogP contribution is 2.40. The van der Waals surface area contributed by atoms with Crippen molar-refractivity contribution in [3.8, 4) is 0 Å². The Labute approximate surface area is 206 Å². The van der Waals surface area contributed by atoms with Crippen LogP contribution in [0.25, 0.3) is 0 Å². The molecule has 3 rings (SSSR count). The zero-order chi connectivity index (χ0) is 25.2. The Morgan fingerprint density at radius 1 is 0.829 bits per heavy atom. The third-order valence-electron chi connectivity index (χ3n) is 4.74. The minimum absolute atomic E-state index is 0.108. The van der Waals surface area contributed by atoms with Gasteiger partial charge in [0.1, 0.15) is 13.2 Å². The third kappa shape index (κ3) is 7.35. The fourth-order valence-electron chi connectivity index (χ4n) is 3.21. The lowest BCUT2D eigenvalue weighted by Gasteiger charge is -2.25. The van der Waals surface area contributed by atoms with Crippen molar-refractivity contribution in [3.05, 3.63) is 84.4 Å². The van der Waals surface area contributed by atoms with Crippen LogP contribution in [0.4, 0.5) is 4.79 Å². The van der Waals surface area contributed by atoms with Crippen LogP contribution in [0.1, 0.15) is 27.6 Å². The van der Waals surface area contributed by atoms with E-state index in [0.717, 1.165) is 11.8 Å². The molecule has 184 valence electrons. The van der Waals surface area contributed by atoms with Crippen LogP contribution in [0.5, 0.6) is 0 Å². The zero-order valence-electron chi connectivity index (χ0n) is 18.9. The number of hydrogen-bond donors (Lipinski definition) is 0. The van der Waals surface area contributed by atoms with E-state index in [2.05, 4.69) is 6.58 Å². The second-order valence-corrected chi connectivity index (χ2v) is 8.63. The highest BCUT2D eigenvalue weighted by molar-refractivity contribution is 8.00. The molecule has 0 bridgehead atoms. The van der Waals surface area contributed by atoms with Crippen molar-refractivity contribution < 1.29 is 42.9 Å². The van der Waals surface area contributed by atoms with E-state index in [-0.39, 0.29) is 18.8 Å². The van der Waals surface area contributed by atoms with Crippen LogP contribution in [-0.4, -0.2) is 60.2 Å². The molecule has 2 aromatic carbocycles. The van der Waals surface area contributed by atoms with E-state index in [1.807, 2.05) is 0 Å². The van der Waals surface area contributed by atoms with Gasteiger partial charge in [0.25, 0.3) is 0 Å². The van der Waals surface area contributed by atoms with Crippen LogP contribution in [0.2, 0.25) is 0 Å². The summed E-state index contributed by atoms with van der Waals surface area (Å²) in [4.78, 5) is 49.1. The molecule has 0 aromatic heterocycles. The smallest absolute Gasteiger partial charge is 0.461 e. The molecule has 0 radical (unpaired) electrons. The first-order valence-electron chi connectivity index (χ1n) is 10.6. The molecule has 4 atom stereocenters. The van der Waals surface area contributed by atoms with Crippen LogP contribution < -0.4 is 0 Å². The molecule has 10 heteroatoms. The van der Waals surface area contributed by atoms with Crippen molar-refractivity contribution in [3.63, 3.8) is 0 Å². The second-order valence-electron chi connectivity index (χ2n) is 7.28. The van der Waals surface area contributed by atoms with Gasteiger partial charge in [-0.15, -0.1) is 11.8 Å². The van der Waals surface area contributed by atoms with Crippen LogP contribution in [0.3, 0.4) is 0 Å².